The van der Waals surface area contributed by atoms with Gasteiger partial charge in [0.1, 0.15) is 0 Å². The maximum Gasteiger partial charge on any atom is 0.356 e. The molecule has 84 valence electrons. The first-order valence-corrected chi connectivity index (χ1v) is 6.14. The van der Waals surface area contributed by atoms with Gasteiger partial charge < -0.3 is 5.11 Å². The predicted octanol–water partition coefficient (Wildman–Crippen LogP) is 0.0530. The highest BCUT2D eigenvalue weighted by atomic mass is 32.2. The van der Waals surface area contributed by atoms with Gasteiger partial charge >= 0.3 is 5.97 Å². The summed E-state index contributed by atoms with van der Waals surface area (Å²) in [6.45, 7) is 1.55. The topological polar surface area (TPSA) is 89.3 Å². The van der Waals surface area contributed by atoms with Crippen molar-refractivity contribution in [1.82, 2.24) is 9.78 Å². The Morgan fingerprint density at radius 2 is 2.20 bits per heavy atom. The minimum absolute atomic E-state index is 0.0284. The van der Waals surface area contributed by atoms with Gasteiger partial charge in [-0.15, -0.1) is 0 Å². The normalized spacial score (nSPS) is 11.6. The zero-order chi connectivity index (χ0) is 11.6. The molecule has 0 aliphatic heterocycles. The van der Waals surface area contributed by atoms with E-state index in [9.17, 15) is 13.2 Å². The molecule has 7 heteroatoms. The second-order valence-electron chi connectivity index (χ2n) is 3.13. The number of carboxylic acid groups (broad SMARTS) is 1. The van der Waals surface area contributed by atoms with Gasteiger partial charge in [-0.2, -0.15) is 5.10 Å². The lowest BCUT2D eigenvalue weighted by Crippen LogP contribution is -2.10. The van der Waals surface area contributed by atoms with Crippen molar-refractivity contribution in [1.29, 1.82) is 0 Å². The van der Waals surface area contributed by atoms with Crippen LogP contribution in [-0.4, -0.2) is 35.0 Å². The molecule has 1 heterocycles. The van der Waals surface area contributed by atoms with E-state index >= 15 is 0 Å². The average molecular weight is 232 g/mol. The molecule has 0 amide bonds. The third kappa shape index (κ3) is 2.79. The quantitative estimate of drug-likeness (QED) is 0.792. The van der Waals surface area contributed by atoms with Crippen LogP contribution in [0.4, 0.5) is 0 Å². The summed E-state index contributed by atoms with van der Waals surface area (Å²) in [5.41, 5.74) is 0.244. The molecule has 0 atom stereocenters. The smallest absolute Gasteiger partial charge is 0.356 e. The van der Waals surface area contributed by atoms with E-state index in [2.05, 4.69) is 5.10 Å². The number of aromatic nitrogens is 2. The van der Waals surface area contributed by atoms with E-state index in [1.807, 2.05) is 0 Å². The Morgan fingerprint density at radius 3 is 2.60 bits per heavy atom. The molecule has 1 rings (SSSR count). The molecule has 0 saturated carbocycles. The maximum atomic E-state index is 11.3. The lowest BCUT2D eigenvalue weighted by atomic mass is 10.4. The molecule has 0 spiro atoms. The number of rotatable bonds is 4. The Bertz CT molecular complexity index is 475. The largest absolute Gasteiger partial charge is 0.476 e. The highest BCUT2D eigenvalue weighted by Gasteiger charge is 2.16. The first-order valence-electron chi connectivity index (χ1n) is 4.32. The molecule has 0 bridgehead atoms. The minimum Gasteiger partial charge on any atom is -0.476 e. The molecule has 0 saturated heterocycles. The molecule has 15 heavy (non-hydrogen) atoms. The molecule has 0 aliphatic rings. The molecule has 1 aromatic heterocycles. The molecule has 0 aliphatic carbocycles. The van der Waals surface area contributed by atoms with E-state index in [1.54, 1.807) is 6.92 Å². The van der Waals surface area contributed by atoms with Crippen LogP contribution in [0.5, 0.6) is 0 Å². The molecule has 0 fully saturated rings. The van der Waals surface area contributed by atoms with Crippen molar-refractivity contribution >= 4 is 15.8 Å². The molecular formula is C8H12N2O4S. The molecule has 0 radical (unpaired) electrons. The van der Waals surface area contributed by atoms with Gasteiger partial charge in [0.2, 0.25) is 0 Å². The van der Waals surface area contributed by atoms with Crippen LogP contribution in [0.2, 0.25) is 0 Å². The van der Waals surface area contributed by atoms with E-state index in [4.69, 9.17) is 5.11 Å². The molecular weight excluding hydrogens is 220 g/mol. The summed E-state index contributed by atoms with van der Waals surface area (Å²) in [7, 11) is -1.64. The summed E-state index contributed by atoms with van der Waals surface area (Å²) in [6.07, 6.45) is 0. The fourth-order valence-corrected chi connectivity index (χ4v) is 2.00. The van der Waals surface area contributed by atoms with Crippen LogP contribution in [0.1, 0.15) is 23.1 Å². The molecule has 0 unspecified atom stereocenters. The SMILES string of the molecule is CCS(=O)(=O)Cc1cc(C(=O)O)nn1C. The molecule has 0 aromatic carbocycles. The van der Waals surface area contributed by atoms with E-state index in [0.717, 1.165) is 0 Å². The first kappa shape index (κ1) is 11.7. The summed E-state index contributed by atoms with van der Waals surface area (Å²) in [5, 5.41) is 12.3. The fourth-order valence-electron chi connectivity index (χ4n) is 1.07. The van der Waals surface area contributed by atoms with Crippen LogP contribution in [0.25, 0.3) is 0 Å². The Balaban J connectivity index is 3.02. The molecule has 1 aromatic rings. The maximum absolute atomic E-state index is 11.3. The van der Waals surface area contributed by atoms with Crippen LogP contribution < -0.4 is 0 Å². The summed E-state index contributed by atoms with van der Waals surface area (Å²) >= 11 is 0. The lowest BCUT2D eigenvalue weighted by molar-refractivity contribution is 0.0689. The number of carbonyl (C=O) groups is 1. The summed E-state index contributed by atoms with van der Waals surface area (Å²) in [6, 6.07) is 1.27. The predicted molar refractivity (Wildman–Crippen MR) is 53.3 cm³/mol. The second-order valence-corrected chi connectivity index (χ2v) is 5.48. The number of hydrogen-bond acceptors (Lipinski definition) is 4. The summed E-state index contributed by atoms with van der Waals surface area (Å²) in [4.78, 5) is 10.6. The number of nitrogens with zero attached hydrogens (tertiary/aromatic N) is 2. The van der Waals surface area contributed by atoms with E-state index < -0.39 is 15.8 Å². The second kappa shape index (κ2) is 4.01. The Morgan fingerprint density at radius 1 is 1.60 bits per heavy atom. The van der Waals surface area contributed by atoms with E-state index in [-0.39, 0.29) is 17.2 Å². The van der Waals surface area contributed by atoms with Gasteiger partial charge in [-0.3, -0.25) is 4.68 Å². The van der Waals surface area contributed by atoms with Gasteiger partial charge in [0, 0.05) is 12.8 Å². The zero-order valence-corrected chi connectivity index (χ0v) is 9.28. The standard InChI is InChI=1S/C8H12N2O4S/c1-3-15(13,14)5-6-4-7(8(11)12)9-10(6)2/h4H,3,5H2,1-2H3,(H,11,12). The van der Waals surface area contributed by atoms with Crippen molar-refractivity contribution < 1.29 is 18.3 Å². The lowest BCUT2D eigenvalue weighted by Gasteiger charge is -2.00. The number of aromatic carboxylic acids is 1. The van der Waals surface area contributed by atoms with Crippen molar-refractivity contribution in [2.45, 2.75) is 12.7 Å². The number of aryl methyl sites for hydroxylation is 1. The van der Waals surface area contributed by atoms with Crippen molar-refractivity contribution in [3.05, 3.63) is 17.5 Å². The summed E-state index contributed by atoms with van der Waals surface area (Å²) in [5.74, 6) is -1.31. The average Bonchev–Trinajstić information content (AvgIpc) is 2.47. The number of hydrogen-bond donors (Lipinski definition) is 1. The van der Waals surface area contributed by atoms with Gasteiger partial charge in [-0.25, -0.2) is 13.2 Å². The van der Waals surface area contributed by atoms with Crippen LogP contribution in [-0.2, 0) is 22.6 Å². The van der Waals surface area contributed by atoms with Crippen molar-refractivity contribution in [2.75, 3.05) is 5.75 Å². The zero-order valence-electron chi connectivity index (χ0n) is 8.47. The van der Waals surface area contributed by atoms with Crippen LogP contribution in [0.3, 0.4) is 0 Å². The van der Waals surface area contributed by atoms with Gasteiger partial charge in [0.25, 0.3) is 0 Å². The highest BCUT2D eigenvalue weighted by molar-refractivity contribution is 7.90. The fraction of sp³-hybridized carbons (Fsp3) is 0.500. The van der Waals surface area contributed by atoms with Crippen molar-refractivity contribution in [2.24, 2.45) is 7.05 Å². The van der Waals surface area contributed by atoms with E-state index in [1.165, 1.54) is 17.8 Å². The Labute approximate surface area is 87.4 Å². The third-order valence-corrected chi connectivity index (χ3v) is 3.62. The third-order valence-electron chi connectivity index (χ3n) is 2.00. The van der Waals surface area contributed by atoms with Crippen molar-refractivity contribution in [3.63, 3.8) is 0 Å². The van der Waals surface area contributed by atoms with Crippen molar-refractivity contribution in [3.8, 4) is 0 Å². The van der Waals surface area contributed by atoms with Crippen LogP contribution >= 0.6 is 0 Å². The molecule has 1 N–H and O–H groups in total. The summed E-state index contributed by atoms with van der Waals surface area (Å²) < 4.78 is 23.9. The van der Waals surface area contributed by atoms with Gasteiger partial charge in [0.05, 0.1) is 11.4 Å². The first-order chi connectivity index (χ1) is 6.85. The molecule has 6 nitrogen and oxygen atoms in total. The van der Waals surface area contributed by atoms with Crippen LogP contribution in [0.15, 0.2) is 6.07 Å². The van der Waals surface area contributed by atoms with Gasteiger partial charge in [0.15, 0.2) is 15.5 Å². The highest BCUT2D eigenvalue weighted by Crippen LogP contribution is 2.08. The number of carboxylic acids is 1. The van der Waals surface area contributed by atoms with E-state index in [0.29, 0.717) is 5.69 Å². The van der Waals surface area contributed by atoms with Crippen LogP contribution in [0, 0.1) is 0 Å². The van der Waals surface area contributed by atoms with Gasteiger partial charge in [-0.05, 0) is 6.07 Å². The monoisotopic (exact) mass is 232 g/mol. The Hall–Kier alpha value is -1.37. The van der Waals surface area contributed by atoms with Gasteiger partial charge in [-0.1, -0.05) is 6.92 Å². The Kier molecular flexibility index (Phi) is 3.13. The number of sulfone groups is 1. The minimum atomic E-state index is -3.16.